The van der Waals surface area contributed by atoms with Gasteiger partial charge in [0.1, 0.15) is 0 Å². The molecule has 0 radical (unpaired) electrons. The first kappa shape index (κ1) is 16.0. The summed E-state index contributed by atoms with van der Waals surface area (Å²) in [5, 5.41) is 16.1. The van der Waals surface area contributed by atoms with Gasteiger partial charge in [0.25, 0.3) is 0 Å². The SMILES string of the molecule is CCCC(COC)NCC(O)c1ccc2ccccc2c1. The molecule has 0 aliphatic carbocycles. The highest BCUT2D eigenvalue weighted by molar-refractivity contribution is 5.83. The van der Waals surface area contributed by atoms with Gasteiger partial charge >= 0.3 is 0 Å². The smallest absolute Gasteiger partial charge is 0.0914 e. The van der Waals surface area contributed by atoms with Gasteiger partial charge in [-0.3, -0.25) is 0 Å². The van der Waals surface area contributed by atoms with Crippen LogP contribution in [0.2, 0.25) is 0 Å². The summed E-state index contributed by atoms with van der Waals surface area (Å²) in [4.78, 5) is 0. The van der Waals surface area contributed by atoms with Gasteiger partial charge in [0.15, 0.2) is 0 Å². The van der Waals surface area contributed by atoms with Gasteiger partial charge in [-0.15, -0.1) is 0 Å². The number of ether oxygens (including phenoxy) is 1. The molecule has 0 saturated carbocycles. The summed E-state index contributed by atoms with van der Waals surface area (Å²) in [7, 11) is 1.71. The predicted octanol–water partition coefficient (Wildman–Crippen LogP) is 3.28. The van der Waals surface area contributed by atoms with Gasteiger partial charge in [-0.1, -0.05) is 49.7 Å². The van der Waals surface area contributed by atoms with Crippen molar-refractivity contribution in [3.63, 3.8) is 0 Å². The normalized spacial score (nSPS) is 14.2. The van der Waals surface area contributed by atoms with Crippen molar-refractivity contribution in [1.29, 1.82) is 0 Å². The minimum absolute atomic E-state index is 0.301. The molecule has 3 heteroatoms. The molecule has 21 heavy (non-hydrogen) atoms. The van der Waals surface area contributed by atoms with Crippen molar-refractivity contribution in [2.75, 3.05) is 20.3 Å². The molecule has 2 atom stereocenters. The van der Waals surface area contributed by atoms with E-state index in [4.69, 9.17) is 4.74 Å². The van der Waals surface area contributed by atoms with Crippen LogP contribution in [0.4, 0.5) is 0 Å². The van der Waals surface area contributed by atoms with Crippen molar-refractivity contribution in [3.05, 3.63) is 48.0 Å². The van der Waals surface area contributed by atoms with Crippen molar-refractivity contribution in [1.82, 2.24) is 5.32 Å². The van der Waals surface area contributed by atoms with Crippen LogP contribution in [0.3, 0.4) is 0 Å². The van der Waals surface area contributed by atoms with Gasteiger partial charge in [-0.25, -0.2) is 0 Å². The molecule has 0 fully saturated rings. The molecular weight excluding hydrogens is 262 g/mol. The van der Waals surface area contributed by atoms with E-state index in [2.05, 4.69) is 36.5 Å². The Morgan fingerprint density at radius 1 is 1.14 bits per heavy atom. The second-order valence-electron chi connectivity index (χ2n) is 5.47. The van der Waals surface area contributed by atoms with Gasteiger partial charge in [-0.05, 0) is 28.8 Å². The lowest BCUT2D eigenvalue weighted by atomic mass is 10.0. The fourth-order valence-electron chi connectivity index (χ4n) is 2.61. The monoisotopic (exact) mass is 287 g/mol. The average Bonchev–Trinajstić information content (AvgIpc) is 2.52. The number of hydrogen-bond donors (Lipinski definition) is 2. The third kappa shape index (κ3) is 4.53. The van der Waals surface area contributed by atoms with Gasteiger partial charge in [0.05, 0.1) is 12.7 Å². The average molecular weight is 287 g/mol. The fourth-order valence-corrected chi connectivity index (χ4v) is 2.61. The summed E-state index contributed by atoms with van der Waals surface area (Å²) in [6.07, 6.45) is 1.66. The van der Waals surface area contributed by atoms with Gasteiger partial charge in [-0.2, -0.15) is 0 Å². The van der Waals surface area contributed by atoms with Crippen LogP contribution in [0.1, 0.15) is 31.4 Å². The zero-order valence-electron chi connectivity index (χ0n) is 12.9. The Hall–Kier alpha value is -1.42. The molecule has 0 aliphatic rings. The van der Waals surface area contributed by atoms with E-state index >= 15 is 0 Å². The number of nitrogens with one attached hydrogen (secondary N) is 1. The maximum absolute atomic E-state index is 10.4. The highest BCUT2D eigenvalue weighted by Gasteiger charge is 2.12. The fraction of sp³-hybridized carbons (Fsp3) is 0.444. The zero-order chi connectivity index (χ0) is 15.1. The van der Waals surface area contributed by atoms with Crippen LogP contribution >= 0.6 is 0 Å². The van der Waals surface area contributed by atoms with Crippen LogP contribution in [0, 0.1) is 0 Å². The lowest BCUT2D eigenvalue weighted by Gasteiger charge is -2.20. The molecule has 2 rings (SSSR count). The third-order valence-corrected chi connectivity index (χ3v) is 3.76. The molecule has 0 aromatic heterocycles. The van der Waals surface area contributed by atoms with E-state index in [1.807, 2.05) is 18.2 Å². The van der Waals surface area contributed by atoms with Gasteiger partial charge < -0.3 is 15.2 Å². The van der Waals surface area contributed by atoms with Crippen molar-refractivity contribution in [2.45, 2.75) is 31.9 Å². The first-order valence-electron chi connectivity index (χ1n) is 7.63. The Morgan fingerprint density at radius 2 is 1.90 bits per heavy atom. The standard InChI is InChI=1S/C18H25NO2/c1-3-6-17(13-21-2)19-12-18(20)16-10-9-14-7-4-5-8-15(14)11-16/h4-5,7-11,17-20H,3,6,12-13H2,1-2H3. The predicted molar refractivity (Wildman–Crippen MR) is 87.5 cm³/mol. The molecule has 0 amide bonds. The quantitative estimate of drug-likeness (QED) is 0.783. The van der Waals surface area contributed by atoms with E-state index in [1.54, 1.807) is 7.11 Å². The largest absolute Gasteiger partial charge is 0.387 e. The van der Waals surface area contributed by atoms with Crippen LogP contribution in [0.15, 0.2) is 42.5 Å². The molecule has 0 bridgehead atoms. The molecule has 2 N–H and O–H groups in total. The minimum atomic E-state index is -0.495. The van der Waals surface area contributed by atoms with E-state index in [-0.39, 0.29) is 0 Å². The molecule has 114 valence electrons. The summed E-state index contributed by atoms with van der Waals surface area (Å²) in [6, 6.07) is 14.6. The number of rotatable bonds is 8. The molecule has 2 unspecified atom stereocenters. The van der Waals surface area contributed by atoms with Gasteiger partial charge in [0.2, 0.25) is 0 Å². The van der Waals surface area contributed by atoms with Crippen LogP contribution in [0.25, 0.3) is 10.8 Å². The first-order chi connectivity index (χ1) is 10.2. The second-order valence-corrected chi connectivity index (χ2v) is 5.47. The van der Waals surface area contributed by atoms with E-state index in [1.165, 1.54) is 5.39 Å². The van der Waals surface area contributed by atoms with E-state index in [0.717, 1.165) is 23.8 Å². The van der Waals surface area contributed by atoms with Crippen LogP contribution in [-0.2, 0) is 4.74 Å². The summed E-state index contributed by atoms with van der Waals surface area (Å²) in [5.74, 6) is 0. The van der Waals surface area contributed by atoms with E-state index in [9.17, 15) is 5.11 Å². The lowest BCUT2D eigenvalue weighted by molar-refractivity contribution is 0.136. The third-order valence-electron chi connectivity index (χ3n) is 3.76. The summed E-state index contributed by atoms with van der Waals surface area (Å²) < 4.78 is 5.21. The van der Waals surface area contributed by atoms with Crippen molar-refractivity contribution >= 4 is 10.8 Å². The number of fused-ring (bicyclic) bond motifs is 1. The summed E-state index contributed by atoms with van der Waals surface area (Å²) in [6.45, 7) is 3.38. The molecular formula is C18H25NO2. The van der Waals surface area contributed by atoms with Crippen LogP contribution < -0.4 is 5.32 Å². The molecule has 0 spiro atoms. The van der Waals surface area contributed by atoms with Crippen molar-refractivity contribution in [2.24, 2.45) is 0 Å². The molecule has 2 aromatic carbocycles. The first-order valence-corrected chi connectivity index (χ1v) is 7.63. The second kappa shape index (κ2) is 8.13. The molecule has 2 aromatic rings. The summed E-state index contributed by atoms with van der Waals surface area (Å²) in [5.41, 5.74) is 0.953. The number of methoxy groups -OCH3 is 1. The van der Waals surface area contributed by atoms with E-state index in [0.29, 0.717) is 19.2 Å². The highest BCUT2D eigenvalue weighted by Crippen LogP contribution is 2.20. The topological polar surface area (TPSA) is 41.5 Å². The molecule has 0 aliphatic heterocycles. The molecule has 0 heterocycles. The number of aliphatic hydroxyl groups excluding tert-OH is 1. The summed E-state index contributed by atoms with van der Waals surface area (Å²) >= 11 is 0. The van der Waals surface area contributed by atoms with E-state index < -0.39 is 6.10 Å². The minimum Gasteiger partial charge on any atom is -0.387 e. The van der Waals surface area contributed by atoms with Crippen molar-refractivity contribution in [3.8, 4) is 0 Å². The van der Waals surface area contributed by atoms with Crippen LogP contribution in [0.5, 0.6) is 0 Å². The molecule has 0 saturated heterocycles. The zero-order valence-corrected chi connectivity index (χ0v) is 12.9. The Labute approximate surface area is 126 Å². The maximum Gasteiger partial charge on any atom is 0.0914 e. The Kier molecular flexibility index (Phi) is 6.18. The van der Waals surface area contributed by atoms with Crippen LogP contribution in [-0.4, -0.2) is 31.4 Å². The van der Waals surface area contributed by atoms with Crippen molar-refractivity contribution < 1.29 is 9.84 Å². The molecule has 3 nitrogen and oxygen atoms in total. The van der Waals surface area contributed by atoms with Gasteiger partial charge in [0, 0.05) is 19.7 Å². The highest BCUT2D eigenvalue weighted by atomic mass is 16.5. The Bertz CT molecular complexity index is 550. The maximum atomic E-state index is 10.4. The Morgan fingerprint density at radius 3 is 2.62 bits per heavy atom. The lowest BCUT2D eigenvalue weighted by Crippen LogP contribution is -2.36. The number of benzene rings is 2. The number of aliphatic hydroxyl groups is 1. The Balaban J connectivity index is 1.99. The number of hydrogen-bond acceptors (Lipinski definition) is 3.